The van der Waals surface area contributed by atoms with Crippen molar-refractivity contribution in [1.29, 1.82) is 0 Å². The third-order valence-corrected chi connectivity index (χ3v) is 8.26. The molecule has 0 radical (unpaired) electrons. The van der Waals surface area contributed by atoms with Gasteiger partial charge in [0.1, 0.15) is 0 Å². The number of H-pyrrole nitrogens is 1. The zero-order valence-electron chi connectivity index (χ0n) is 12.0. The molecule has 0 aliphatic heterocycles. The first kappa shape index (κ1) is 15.0. The fourth-order valence-corrected chi connectivity index (χ4v) is 2.45. The number of aromatic nitrogens is 1. The first-order valence-corrected chi connectivity index (χ1v) is 9.16. The van der Waals surface area contributed by atoms with Gasteiger partial charge in [-0.15, -0.1) is 0 Å². The van der Waals surface area contributed by atoms with Crippen LogP contribution in [0.5, 0.6) is 0 Å². The largest absolute Gasteiger partial charge is 0.416 e. The van der Waals surface area contributed by atoms with Crippen LogP contribution in [0.4, 0.5) is 5.69 Å². The minimum Gasteiger partial charge on any atom is -0.416 e. The number of nitrogens with one attached hydrogen (secondary N) is 1. The van der Waals surface area contributed by atoms with E-state index in [4.69, 9.17) is 10.2 Å². The molecular formula is C13H24N2O2Si. The van der Waals surface area contributed by atoms with Gasteiger partial charge in [0, 0.05) is 30.5 Å². The van der Waals surface area contributed by atoms with Gasteiger partial charge in [-0.2, -0.15) is 0 Å². The van der Waals surface area contributed by atoms with E-state index >= 15 is 0 Å². The lowest BCUT2D eigenvalue weighted by Gasteiger charge is -2.36. The van der Waals surface area contributed by atoms with E-state index in [1.807, 2.05) is 0 Å². The molecule has 1 aromatic rings. The summed E-state index contributed by atoms with van der Waals surface area (Å²) in [7, 11) is -1.75. The summed E-state index contributed by atoms with van der Waals surface area (Å²) in [6.45, 7) is 11.5. The van der Waals surface area contributed by atoms with Crippen LogP contribution in [0, 0.1) is 0 Å². The zero-order valence-corrected chi connectivity index (χ0v) is 13.0. The second kappa shape index (κ2) is 5.28. The summed E-state index contributed by atoms with van der Waals surface area (Å²) in [6, 6.07) is 1.71. The highest BCUT2D eigenvalue weighted by Gasteiger charge is 2.36. The monoisotopic (exact) mass is 268 g/mol. The molecule has 0 bridgehead atoms. The number of nitrogen functional groups attached to an aromatic ring is 1. The van der Waals surface area contributed by atoms with Crippen molar-refractivity contribution in [3.8, 4) is 0 Å². The molecule has 1 heterocycles. The van der Waals surface area contributed by atoms with Gasteiger partial charge >= 0.3 is 0 Å². The summed E-state index contributed by atoms with van der Waals surface area (Å²) in [5.41, 5.74) is 6.84. The minimum absolute atomic E-state index is 0.117. The van der Waals surface area contributed by atoms with Crippen molar-refractivity contribution in [3.63, 3.8) is 0 Å². The van der Waals surface area contributed by atoms with Crippen LogP contribution in [-0.4, -0.2) is 19.9 Å². The molecule has 0 atom stereocenters. The van der Waals surface area contributed by atoms with Crippen molar-refractivity contribution in [1.82, 2.24) is 4.98 Å². The summed E-state index contributed by atoms with van der Waals surface area (Å²) >= 11 is 0. The third kappa shape index (κ3) is 3.46. The fourth-order valence-electron chi connectivity index (χ4n) is 1.41. The Kier molecular flexibility index (Phi) is 4.40. The summed E-state index contributed by atoms with van der Waals surface area (Å²) < 4.78 is 6.04. The molecule has 0 unspecified atom stereocenters. The van der Waals surface area contributed by atoms with Gasteiger partial charge in [-0.25, -0.2) is 0 Å². The number of rotatable bonds is 4. The number of hydrogen-bond acceptors (Lipinski definition) is 3. The molecule has 18 heavy (non-hydrogen) atoms. The molecule has 0 amide bonds. The first-order chi connectivity index (χ1) is 8.15. The number of nitrogens with two attached hydrogens (primary N) is 1. The molecule has 3 N–H and O–H groups in total. The van der Waals surface area contributed by atoms with Crippen LogP contribution in [0.15, 0.2) is 17.1 Å². The highest BCUT2D eigenvalue weighted by Crippen LogP contribution is 2.36. The summed E-state index contributed by atoms with van der Waals surface area (Å²) in [5.74, 6) is 0. The van der Waals surface area contributed by atoms with Crippen molar-refractivity contribution in [2.75, 3.05) is 12.3 Å². The maximum Gasteiger partial charge on any atom is 0.253 e. The second-order valence-electron chi connectivity index (χ2n) is 6.10. The van der Waals surface area contributed by atoms with Gasteiger partial charge in [-0.05, 0) is 24.2 Å². The van der Waals surface area contributed by atoms with E-state index in [0.29, 0.717) is 24.3 Å². The smallest absolute Gasteiger partial charge is 0.253 e. The maximum atomic E-state index is 11.6. The molecule has 102 valence electrons. The number of anilines is 1. The van der Waals surface area contributed by atoms with Crippen LogP contribution in [0.3, 0.4) is 0 Å². The van der Waals surface area contributed by atoms with E-state index in [0.717, 1.165) is 0 Å². The highest BCUT2D eigenvalue weighted by atomic mass is 28.4. The van der Waals surface area contributed by atoms with Crippen LogP contribution in [-0.2, 0) is 10.8 Å². The van der Waals surface area contributed by atoms with Crippen molar-refractivity contribution in [3.05, 3.63) is 28.2 Å². The van der Waals surface area contributed by atoms with Gasteiger partial charge in [0.2, 0.25) is 0 Å². The summed E-state index contributed by atoms with van der Waals surface area (Å²) in [4.78, 5) is 14.3. The molecule has 1 aromatic heterocycles. The van der Waals surface area contributed by atoms with Crippen molar-refractivity contribution in [2.45, 2.75) is 45.3 Å². The third-order valence-electron chi connectivity index (χ3n) is 3.72. The van der Waals surface area contributed by atoms with E-state index in [-0.39, 0.29) is 10.6 Å². The molecule has 0 saturated carbocycles. The number of pyridine rings is 1. The maximum absolute atomic E-state index is 11.6. The van der Waals surface area contributed by atoms with Crippen molar-refractivity contribution in [2.24, 2.45) is 0 Å². The second-order valence-corrected chi connectivity index (χ2v) is 10.9. The predicted octanol–water partition coefficient (Wildman–Crippen LogP) is 2.52. The molecule has 0 aliphatic rings. The van der Waals surface area contributed by atoms with Crippen LogP contribution in [0.1, 0.15) is 26.3 Å². The molecule has 0 fully saturated rings. The average Bonchev–Trinajstić information content (AvgIpc) is 2.20. The molecule has 1 rings (SSSR count). The standard InChI is InChI=1S/C13H24N2O2Si/c1-13(2,3)18(4,5)17-9-7-10-11(14)6-8-15-12(10)16/h6,8H,7,9H2,1-5H3,(H3,14,15,16). The Morgan fingerprint density at radius 2 is 2.00 bits per heavy atom. The average molecular weight is 268 g/mol. The van der Waals surface area contributed by atoms with Crippen molar-refractivity contribution < 1.29 is 4.43 Å². The van der Waals surface area contributed by atoms with Gasteiger partial charge in [-0.1, -0.05) is 20.8 Å². The first-order valence-electron chi connectivity index (χ1n) is 6.25. The Bertz CT molecular complexity index is 461. The lowest BCUT2D eigenvalue weighted by atomic mass is 10.2. The van der Waals surface area contributed by atoms with Gasteiger partial charge in [0.05, 0.1) is 0 Å². The van der Waals surface area contributed by atoms with E-state index in [1.165, 1.54) is 0 Å². The zero-order chi connectivity index (χ0) is 14.0. The van der Waals surface area contributed by atoms with Gasteiger partial charge in [0.15, 0.2) is 8.32 Å². The summed E-state index contributed by atoms with van der Waals surface area (Å²) in [5, 5.41) is 0.182. The Balaban J connectivity index is 2.66. The fraction of sp³-hybridized carbons (Fsp3) is 0.615. The lowest BCUT2D eigenvalue weighted by molar-refractivity contribution is 0.291. The molecule has 0 saturated heterocycles. The summed E-state index contributed by atoms with van der Waals surface area (Å²) in [6.07, 6.45) is 2.13. The molecule has 0 aliphatic carbocycles. The van der Waals surface area contributed by atoms with E-state index in [2.05, 4.69) is 38.8 Å². The lowest BCUT2D eigenvalue weighted by Crippen LogP contribution is -2.41. The van der Waals surface area contributed by atoms with Gasteiger partial charge in [0.25, 0.3) is 5.56 Å². The molecule has 5 heteroatoms. The molecule has 0 aromatic carbocycles. The van der Waals surface area contributed by atoms with Crippen LogP contribution < -0.4 is 11.3 Å². The topological polar surface area (TPSA) is 68.1 Å². The van der Waals surface area contributed by atoms with Gasteiger partial charge < -0.3 is 15.1 Å². The molecule has 0 spiro atoms. The minimum atomic E-state index is -1.75. The Morgan fingerprint density at radius 1 is 1.39 bits per heavy atom. The highest BCUT2D eigenvalue weighted by molar-refractivity contribution is 6.74. The Labute approximate surface area is 110 Å². The van der Waals surface area contributed by atoms with E-state index in [9.17, 15) is 4.79 Å². The van der Waals surface area contributed by atoms with Crippen LogP contribution in [0.2, 0.25) is 18.1 Å². The quantitative estimate of drug-likeness (QED) is 0.825. The Morgan fingerprint density at radius 3 is 2.50 bits per heavy atom. The van der Waals surface area contributed by atoms with Crippen LogP contribution >= 0.6 is 0 Å². The predicted molar refractivity (Wildman–Crippen MR) is 78.3 cm³/mol. The normalized spacial score (nSPS) is 12.7. The number of hydrogen-bond donors (Lipinski definition) is 2. The SMILES string of the molecule is CC(C)(C)[Si](C)(C)OCCc1c(N)cc[nH]c1=O. The van der Waals surface area contributed by atoms with Crippen LogP contribution in [0.25, 0.3) is 0 Å². The van der Waals surface area contributed by atoms with E-state index in [1.54, 1.807) is 12.3 Å². The number of aromatic amines is 1. The van der Waals surface area contributed by atoms with Gasteiger partial charge in [-0.3, -0.25) is 4.79 Å². The molecular weight excluding hydrogens is 244 g/mol. The van der Waals surface area contributed by atoms with Crippen molar-refractivity contribution >= 4 is 14.0 Å². The Hall–Kier alpha value is -1.07. The van der Waals surface area contributed by atoms with E-state index < -0.39 is 8.32 Å². The molecule has 4 nitrogen and oxygen atoms in total.